The van der Waals surface area contributed by atoms with Crippen molar-refractivity contribution in [2.24, 2.45) is 0 Å². The van der Waals surface area contributed by atoms with Crippen LogP contribution in [0.4, 0.5) is 0 Å². The van der Waals surface area contributed by atoms with Crippen LogP contribution in [0.3, 0.4) is 0 Å². The minimum Gasteiger partial charge on any atom is -0.462 e. The number of carbonyl (C=O) groups excluding carboxylic acids is 1. The molecule has 0 unspecified atom stereocenters. The highest BCUT2D eigenvalue weighted by Crippen LogP contribution is 2.42. The molecule has 0 aliphatic heterocycles. The predicted octanol–water partition coefficient (Wildman–Crippen LogP) is 1.88. The maximum absolute atomic E-state index is 12.1. The number of pyridine rings is 1. The lowest BCUT2D eigenvalue weighted by atomic mass is 10.1. The van der Waals surface area contributed by atoms with Crippen LogP contribution >= 0.6 is 0 Å². The average Bonchev–Trinajstić information content (AvgIpc) is 3.18. The summed E-state index contributed by atoms with van der Waals surface area (Å²) in [6, 6.07) is 3.62. The maximum Gasteiger partial charge on any atom is 0.342 e. The van der Waals surface area contributed by atoms with Crippen LogP contribution in [-0.4, -0.2) is 27.3 Å². The Hall–Kier alpha value is -1.88. The van der Waals surface area contributed by atoms with E-state index < -0.39 is 0 Å². The molecular formula is C14H16N2O3. The smallest absolute Gasteiger partial charge is 0.342 e. The Bertz CT molecular complexity index is 629. The number of hydrogen-bond acceptors (Lipinski definition) is 4. The highest BCUT2D eigenvalue weighted by atomic mass is 16.5. The molecule has 1 aliphatic rings. The van der Waals surface area contributed by atoms with Gasteiger partial charge < -0.3 is 9.84 Å². The van der Waals surface area contributed by atoms with E-state index in [4.69, 9.17) is 9.84 Å². The zero-order valence-electron chi connectivity index (χ0n) is 10.8. The Labute approximate surface area is 110 Å². The van der Waals surface area contributed by atoms with Gasteiger partial charge in [0.05, 0.1) is 24.4 Å². The van der Waals surface area contributed by atoms with Crippen molar-refractivity contribution in [2.75, 3.05) is 6.61 Å². The van der Waals surface area contributed by atoms with Crippen LogP contribution in [0.25, 0.3) is 5.52 Å². The summed E-state index contributed by atoms with van der Waals surface area (Å²) in [5, 5.41) is 13.6. The lowest BCUT2D eigenvalue weighted by Gasteiger charge is -2.02. The minimum atomic E-state index is -0.309. The van der Waals surface area contributed by atoms with Gasteiger partial charge in [-0.05, 0) is 31.4 Å². The molecule has 0 bridgehead atoms. The van der Waals surface area contributed by atoms with Crippen molar-refractivity contribution in [3.05, 3.63) is 35.2 Å². The molecule has 3 rings (SSSR count). The van der Waals surface area contributed by atoms with E-state index in [0.717, 1.165) is 29.6 Å². The molecule has 0 radical (unpaired) electrons. The van der Waals surface area contributed by atoms with E-state index in [1.54, 1.807) is 23.7 Å². The summed E-state index contributed by atoms with van der Waals surface area (Å²) in [4.78, 5) is 12.1. The van der Waals surface area contributed by atoms with Crippen LogP contribution in [-0.2, 0) is 11.3 Å². The second-order valence-electron chi connectivity index (χ2n) is 4.78. The van der Waals surface area contributed by atoms with E-state index in [1.165, 1.54) is 0 Å². The van der Waals surface area contributed by atoms with E-state index in [9.17, 15) is 4.79 Å². The van der Waals surface area contributed by atoms with E-state index in [1.807, 2.05) is 6.07 Å². The van der Waals surface area contributed by atoms with Gasteiger partial charge in [0.2, 0.25) is 0 Å². The number of aromatic nitrogens is 2. The Morgan fingerprint density at radius 1 is 1.53 bits per heavy atom. The second-order valence-corrected chi connectivity index (χ2v) is 4.78. The molecule has 0 saturated heterocycles. The topological polar surface area (TPSA) is 63.8 Å². The molecule has 1 N–H and O–H groups in total. The van der Waals surface area contributed by atoms with Crippen molar-refractivity contribution in [3.8, 4) is 0 Å². The lowest BCUT2D eigenvalue weighted by molar-refractivity contribution is 0.0527. The SMILES string of the molecule is CCOC(=O)c1c(C2CC2)nn2cc(CO)ccc12. The second kappa shape index (κ2) is 4.66. The molecule has 19 heavy (non-hydrogen) atoms. The number of ether oxygens (including phenoxy) is 1. The fourth-order valence-corrected chi connectivity index (χ4v) is 2.26. The van der Waals surface area contributed by atoms with Crippen LogP contribution in [0.2, 0.25) is 0 Å². The quantitative estimate of drug-likeness (QED) is 0.852. The molecule has 1 aliphatic carbocycles. The Morgan fingerprint density at radius 2 is 2.32 bits per heavy atom. The van der Waals surface area contributed by atoms with E-state index in [2.05, 4.69) is 5.10 Å². The van der Waals surface area contributed by atoms with Crippen LogP contribution in [0.1, 0.15) is 47.3 Å². The molecule has 0 amide bonds. The normalized spacial score (nSPS) is 14.8. The number of hydrogen-bond donors (Lipinski definition) is 1. The van der Waals surface area contributed by atoms with Crippen molar-refractivity contribution in [2.45, 2.75) is 32.3 Å². The summed E-state index contributed by atoms with van der Waals surface area (Å²) in [5.74, 6) is 0.0630. The highest BCUT2D eigenvalue weighted by molar-refractivity contribution is 5.98. The van der Waals surface area contributed by atoms with E-state index in [-0.39, 0.29) is 12.6 Å². The fourth-order valence-electron chi connectivity index (χ4n) is 2.26. The number of carbonyl (C=O) groups is 1. The first-order chi connectivity index (χ1) is 9.24. The van der Waals surface area contributed by atoms with Crippen molar-refractivity contribution < 1.29 is 14.6 Å². The molecular weight excluding hydrogens is 244 g/mol. The first-order valence-electron chi connectivity index (χ1n) is 6.53. The number of esters is 1. The molecule has 0 atom stereocenters. The molecule has 0 spiro atoms. The number of aliphatic hydroxyl groups excluding tert-OH is 1. The molecule has 1 fully saturated rings. The van der Waals surface area contributed by atoms with Gasteiger partial charge in [-0.1, -0.05) is 6.07 Å². The zero-order chi connectivity index (χ0) is 13.4. The zero-order valence-corrected chi connectivity index (χ0v) is 10.8. The van der Waals surface area contributed by atoms with Gasteiger partial charge in [-0.15, -0.1) is 0 Å². The molecule has 2 aromatic rings. The van der Waals surface area contributed by atoms with E-state index in [0.29, 0.717) is 18.1 Å². The molecule has 0 aromatic carbocycles. The third kappa shape index (κ3) is 2.10. The van der Waals surface area contributed by atoms with E-state index >= 15 is 0 Å². The first kappa shape index (κ1) is 12.2. The predicted molar refractivity (Wildman–Crippen MR) is 69.0 cm³/mol. The van der Waals surface area contributed by atoms with Crippen molar-refractivity contribution in [1.29, 1.82) is 0 Å². The van der Waals surface area contributed by atoms with Gasteiger partial charge in [-0.2, -0.15) is 5.10 Å². The molecule has 5 heteroatoms. The molecule has 5 nitrogen and oxygen atoms in total. The van der Waals surface area contributed by atoms with Gasteiger partial charge >= 0.3 is 5.97 Å². The van der Waals surface area contributed by atoms with Crippen molar-refractivity contribution in [1.82, 2.24) is 9.61 Å². The summed E-state index contributed by atoms with van der Waals surface area (Å²) in [6.07, 6.45) is 3.90. The Morgan fingerprint density at radius 3 is 2.95 bits per heavy atom. The largest absolute Gasteiger partial charge is 0.462 e. The van der Waals surface area contributed by atoms with Gasteiger partial charge in [0.25, 0.3) is 0 Å². The molecule has 1 saturated carbocycles. The number of aliphatic hydroxyl groups is 1. The number of fused-ring (bicyclic) bond motifs is 1. The van der Waals surface area contributed by atoms with Crippen LogP contribution < -0.4 is 0 Å². The van der Waals surface area contributed by atoms with Gasteiger partial charge in [0.15, 0.2) is 0 Å². The molecule has 2 heterocycles. The summed E-state index contributed by atoms with van der Waals surface area (Å²) < 4.78 is 6.80. The third-order valence-electron chi connectivity index (χ3n) is 3.34. The fraction of sp³-hybridized carbons (Fsp3) is 0.429. The van der Waals surface area contributed by atoms with Gasteiger partial charge in [0.1, 0.15) is 5.56 Å². The van der Waals surface area contributed by atoms with Gasteiger partial charge in [-0.3, -0.25) is 0 Å². The first-order valence-corrected chi connectivity index (χ1v) is 6.53. The van der Waals surface area contributed by atoms with Gasteiger partial charge in [-0.25, -0.2) is 9.31 Å². The van der Waals surface area contributed by atoms with Crippen LogP contribution in [0, 0.1) is 0 Å². The number of nitrogens with zero attached hydrogens (tertiary/aromatic N) is 2. The molecule has 100 valence electrons. The minimum absolute atomic E-state index is 0.0384. The summed E-state index contributed by atoms with van der Waals surface area (Å²) in [7, 11) is 0. The van der Waals surface area contributed by atoms with Crippen LogP contribution in [0.15, 0.2) is 18.3 Å². The summed E-state index contributed by atoms with van der Waals surface area (Å²) in [6.45, 7) is 2.11. The average molecular weight is 260 g/mol. The number of rotatable bonds is 4. The summed E-state index contributed by atoms with van der Waals surface area (Å²) >= 11 is 0. The van der Waals surface area contributed by atoms with Gasteiger partial charge in [0, 0.05) is 12.1 Å². The lowest BCUT2D eigenvalue weighted by Crippen LogP contribution is -2.06. The maximum atomic E-state index is 12.1. The monoisotopic (exact) mass is 260 g/mol. The third-order valence-corrected chi connectivity index (χ3v) is 3.34. The van der Waals surface area contributed by atoms with Crippen LogP contribution in [0.5, 0.6) is 0 Å². The Balaban J connectivity index is 2.15. The molecule has 2 aromatic heterocycles. The Kier molecular flexibility index (Phi) is 2.98. The standard InChI is InChI=1S/C14H16N2O3/c1-2-19-14(18)12-11-6-3-9(8-17)7-16(11)15-13(12)10-4-5-10/h3,6-7,10,17H,2,4-5,8H2,1H3. The van der Waals surface area contributed by atoms with Crippen molar-refractivity contribution in [3.63, 3.8) is 0 Å². The van der Waals surface area contributed by atoms with Crippen molar-refractivity contribution >= 4 is 11.5 Å². The summed E-state index contributed by atoms with van der Waals surface area (Å²) in [5.41, 5.74) is 2.92. The highest BCUT2D eigenvalue weighted by Gasteiger charge is 2.33.